The van der Waals surface area contributed by atoms with E-state index < -0.39 is 0 Å². The summed E-state index contributed by atoms with van der Waals surface area (Å²) >= 11 is 0. The van der Waals surface area contributed by atoms with E-state index in [9.17, 15) is 4.79 Å². The Morgan fingerprint density at radius 1 is 0.733 bits per heavy atom. The molecule has 0 saturated heterocycles. The van der Waals surface area contributed by atoms with Crippen LogP contribution in [0.5, 0.6) is 5.75 Å². The molecule has 0 aliphatic heterocycles. The van der Waals surface area contributed by atoms with Crippen molar-refractivity contribution in [3.63, 3.8) is 0 Å². The van der Waals surface area contributed by atoms with E-state index in [1.807, 2.05) is 31.2 Å². The van der Waals surface area contributed by atoms with E-state index in [4.69, 9.17) is 4.74 Å². The number of hydrogen-bond acceptors (Lipinski definition) is 2. The SMILES string of the molecule is CCCCCCCCCCCCCC[N+](C)(C)CCCC(=O)Oc1ccc(C)cc1. The molecule has 0 aliphatic rings. The second-order valence-electron chi connectivity index (χ2n) is 9.66. The van der Waals surface area contributed by atoms with Gasteiger partial charge in [-0.05, 0) is 31.9 Å². The molecule has 0 fully saturated rings. The molecule has 0 N–H and O–H groups in total. The van der Waals surface area contributed by atoms with Crippen LogP contribution >= 0.6 is 0 Å². The number of nitrogens with zero attached hydrogens (tertiary/aromatic N) is 1. The van der Waals surface area contributed by atoms with Crippen molar-refractivity contribution in [3.8, 4) is 5.75 Å². The number of ether oxygens (including phenoxy) is 1. The molecular formula is C27H48NO2+. The van der Waals surface area contributed by atoms with Crippen molar-refractivity contribution in [1.29, 1.82) is 0 Å². The summed E-state index contributed by atoms with van der Waals surface area (Å²) in [7, 11) is 4.56. The van der Waals surface area contributed by atoms with E-state index in [1.54, 1.807) is 0 Å². The smallest absolute Gasteiger partial charge is 0.311 e. The molecular weight excluding hydrogens is 370 g/mol. The number of carbonyl (C=O) groups excluding carboxylic acids is 1. The van der Waals surface area contributed by atoms with E-state index in [0.717, 1.165) is 17.4 Å². The third kappa shape index (κ3) is 14.6. The van der Waals surface area contributed by atoms with Crippen LogP contribution in [0.2, 0.25) is 0 Å². The Bertz CT molecular complexity index is 550. The molecule has 1 rings (SSSR count). The van der Waals surface area contributed by atoms with Gasteiger partial charge in [0, 0.05) is 6.42 Å². The fourth-order valence-electron chi connectivity index (χ4n) is 3.93. The lowest BCUT2D eigenvalue weighted by Crippen LogP contribution is -2.41. The van der Waals surface area contributed by atoms with Crippen LogP contribution in [0, 0.1) is 6.92 Å². The van der Waals surface area contributed by atoms with Crippen LogP contribution in [0.15, 0.2) is 24.3 Å². The van der Waals surface area contributed by atoms with Gasteiger partial charge in [0.15, 0.2) is 0 Å². The average molecular weight is 419 g/mol. The van der Waals surface area contributed by atoms with Gasteiger partial charge in [-0.25, -0.2) is 0 Å². The van der Waals surface area contributed by atoms with Crippen molar-refractivity contribution in [3.05, 3.63) is 29.8 Å². The molecule has 0 atom stereocenters. The minimum absolute atomic E-state index is 0.121. The van der Waals surface area contributed by atoms with E-state index in [1.165, 1.54) is 89.2 Å². The van der Waals surface area contributed by atoms with Gasteiger partial charge in [0.25, 0.3) is 0 Å². The Morgan fingerprint density at radius 2 is 1.20 bits per heavy atom. The Morgan fingerprint density at radius 3 is 1.73 bits per heavy atom. The molecule has 0 aromatic heterocycles. The largest absolute Gasteiger partial charge is 0.427 e. The number of esters is 1. The van der Waals surface area contributed by atoms with Gasteiger partial charge >= 0.3 is 5.97 Å². The molecule has 0 amide bonds. The van der Waals surface area contributed by atoms with Crippen LogP contribution in [0.1, 0.15) is 102 Å². The molecule has 1 aromatic carbocycles. The summed E-state index contributed by atoms with van der Waals surface area (Å²) in [5.74, 6) is 0.528. The quantitative estimate of drug-likeness (QED) is 0.107. The summed E-state index contributed by atoms with van der Waals surface area (Å²) in [6.07, 6.45) is 18.1. The minimum Gasteiger partial charge on any atom is -0.427 e. The second kappa shape index (κ2) is 16.4. The van der Waals surface area contributed by atoms with Crippen LogP contribution in [-0.4, -0.2) is 37.6 Å². The zero-order valence-corrected chi connectivity index (χ0v) is 20.4. The molecule has 0 unspecified atom stereocenters. The van der Waals surface area contributed by atoms with Crippen LogP contribution in [0.4, 0.5) is 0 Å². The van der Waals surface area contributed by atoms with Gasteiger partial charge in [0.2, 0.25) is 0 Å². The van der Waals surface area contributed by atoms with Crippen LogP contribution < -0.4 is 4.74 Å². The van der Waals surface area contributed by atoms with E-state index in [-0.39, 0.29) is 5.97 Å². The lowest BCUT2D eigenvalue weighted by molar-refractivity contribution is -0.890. The number of aryl methyl sites for hydroxylation is 1. The van der Waals surface area contributed by atoms with Crippen molar-refractivity contribution >= 4 is 5.97 Å². The fourth-order valence-corrected chi connectivity index (χ4v) is 3.93. The van der Waals surface area contributed by atoms with Crippen molar-refractivity contribution in [1.82, 2.24) is 0 Å². The highest BCUT2D eigenvalue weighted by Crippen LogP contribution is 2.14. The van der Waals surface area contributed by atoms with Gasteiger partial charge in [0.05, 0.1) is 33.6 Å². The highest BCUT2D eigenvalue weighted by atomic mass is 16.5. The highest BCUT2D eigenvalue weighted by molar-refractivity contribution is 5.72. The maximum absolute atomic E-state index is 12.0. The summed E-state index contributed by atoms with van der Waals surface area (Å²) < 4.78 is 6.41. The zero-order chi connectivity index (χ0) is 22.1. The Balaban J connectivity index is 1.97. The molecule has 0 saturated carbocycles. The summed E-state index contributed by atoms with van der Waals surface area (Å²) in [6.45, 7) is 6.54. The van der Waals surface area contributed by atoms with E-state index >= 15 is 0 Å². The third-order valence-electron chi connectivity index (χ3n) is 6.01. The number of unbranched alkanes of at least 4 members (excludes halogenated alkanes) is 11. The lowest BCUT2D eigenvalue weighted by atomic mass is 10.1. The van der Waals surface area contributed by atoms with Crippen molar-refractivity contribution in [2.45, 2.75) is 104 Å². The third-order valence-corrected chi connectivity index (χ3v) is 6.01. The van der Waals surface area contributed by atoms with Gasteiger partial charge in [0.1, 0.15) is 5.75 Å². The zero-order valence-electron chi connectivity index (χ0n) is 20.4. The Kier molecular flexibility index (Phi) is 14.5. The summed E-state index contributed by atoms with van der Waals surface area (Å²) in [4.78, 5) is 12.0. The van der Waals surface area contributed by atoms with Gasteiger partial charge in [-0.15, -0.1) is 0 Å². The van der Waals surface area contributed by atoms with Crippen LogP contribution in [-0.2, 0) is 4.79 Å². The van der Waals surface area contributed by atoms with Gasteiger partial charge in [-0.3, -0.25) is 4.79 Å². The molecule has 1 aromatic rings. The number of hydrogen-bond donors (Lipinski definition) is 0. The molecule has 172 valence electrons. The van der Waals surface area contributed by atoms with Crippen molar-refractivity contribution < 1.29 is 14.0 Å². The number of quaternary nitrogens is 1. The molecule has 30 heavy (non-hydrogen) atoms. The van der Waals surface area contributed by atoms with Gasteiger partial charge < -0.3 is 9.22 Å². The van der Waals surface area contributed by atoms with Crippen molar-refractivity contribution in [2.24, 2.45) is 0 Å². The van der Waals surface area contributed by atoms with Crippen molar-refractivity contribution in [2.75, 3.05) is 27.2 Å². The van der Waals surface area contributed by atoms with Gasteiger partial charge in [-0.2, -0.15) is 0 Å². The van der Waals surface area contributed by atoms with Crippen LogP contribution in [0.3, 0.4) is 0 Å². The van der Waals surface area contributed by atoms with Gasteiger partial charge in [-0.1, -0.05) is 88.8 Å². The fraction of sp³-hybridized carbons (Fsp3) is 0.741. The Hall–Kier alpha value is -1.35. The lowest BCUT2D eigenvalue weighted by Gasteiger charge is -2.29. The summed E-state index contributed by atoms with van der Waals surface area (Å²) in [5.41, 5.74) is 1.17. The summed E-state index contributed by atoms with van der Waals surface area (Å²) in [6, 6.07) is 7.66. The molecule has 3 nitrogen and oxygen atoms in total. The maximum atomic E-state index is 12.0. The molecule has 0 aliphatic carbocycles. The van der Waals surface area contributed by atoms with Crippen LogP contribution in [0.25, 0.3) is 0 Å². The minimum atomic E-state index is -0.121. The maximum Gasteiger partial charge on any atom is 0.311 e. The number of carbonyl (C=O) groups is 1. The van der Waals surface area contributed by atoms with E-state index in [2.05, 4.69) is 21.0 Å². The topological polar surface area (TPSA) is 26.3 Å². The van der Waals surface area contributed by atoms with E-state index in [0.29, 0.717) is 12.2 Å². The molecule has 0 bridgehead atoms. The Labute approximate surface area is 186 Å². The normalized spacial score (nSPS) is 11.6. The standard InChI is InChI=1S/C27H48NO2/c1-5-6-7-8-9-10-11-12-13-14-15-16-23-28(3,4)24-17-18-27(29)30-26-21-19-25(2)20-22-26/h19-22H,5-18,23-24H2,1-4H3/q+1. The monoisotopic (exact) mass is 418 g/mol. The second-order valence-corrected chi connectivity index (χ2v) is 9.66. The molecule has 3 heteroatoms. The predicted octanol–water partition coefficient (Wildman–Crippen LogP) is 7.46. The first-order valence-corrected chi connectivity index (χ1v) is 12.5. The first-order chi connectivity index (χ1) is 14.4. The highest BCUT2D eigenvalue weighted by Gasteiger charge is 2.15. The first kappa shape index (κ1) is 26.7. The number of rotatable bonds is 18. The molecule has 0 heterocycles. The predicted molar refractivity (Wildman–Crippen MR) is 129 cm³/mol. The number of benzene rings is 1. The first-order valence-electron chi connectivity index (χ1n) is 12.5. The molecule has 0 spiro atoms. The average Bonchev–Trinajstić information content (AvgIpc) is 2.70. The summed E-state index contributed by atoms with van der Waals surface area (Å²) in [5, 5.41) is 0. The molecule has 0 radical (unpaired) electrons.